The van der Waals surface area contributed by atoms with Gasteiger partial charge >= 0.3 is 0 Å². The predicted octanol–water partition coefficient (Wildman–Crippen LogP) is 1.08. The van der Waals surface area contributed by atoms with Crippen molar-refractivity contribution in [2.75, 3.05) is 19.6 Å². The number of aromatic nitrogens is 2. The first kappa shape index (κ1) is 15.5. The first-order chi connectivity index (χ1) is 9.33. The molecule has 0 aromatic carbocycles. The van der Waals surface area contributed by atoms with Gasteiger partial charge in [0.2, 0.25) is 10.0 Å². The highest BCUT2D eigenvalue weighted by atomic mass is 32.2. The van der Waals surface area contributed by atoms with E-state index in [9.17, 15) is 8.42 Å². The van der Waals surface area contributed by atoms with Gasteiger partial charge < -0.3 is 4.90 Å². The molecule has 20 heavy (non-hydrogen) atoms. The van der Waals surface area contributed by atoms with Crippen LogP contribution in [0.15, 0.2) is 17.3 Å². The smallest absolute Gasteiger partial charge is 0.243 e. The van der Waals surface area contributed by atoms with Crippen LogP contribution in [0.4, 0.5) is 0 Å². The Kier molecular flexibility index (Phi) is 4.51. The fraction of sp³-hybridized carbons (Fsp3) is 0.769. The van der Waals surface area contributed by atoms with Crippen LogP contribution in [0.5, 0.6) is 0 Å². The SMILES string of the molecule is CCN1C[C@@H](C)[C@H](NS(=O)(=O)c2cnn(C(C)C)c2)C1. The molecule has 7 heteroatoms. The Labute approximate surface area is 121 Å². The molecule has 1 fully saturated rings. The number of rotatable bonds is 5. The molecule has 1 aromatic heterocycles. The van der Waals surface area contributed by atoms with Crippen molar-refractivity contribution in [2.24, 2.45) is 5.92 Å². The van der Waals surface area contributed by atoms with E-state index in [1.165, 1.54) is 6.20 Å². The molecular weight excluding hydrogens is 276 g/mol. The molecule has 2 atom stereocenters. The number of nitrogens with one attached hydrogen (secondary N) is 1. The van der Waals surface area contributed by atoms with Crippen molar-refractivity contribution in [1.29, 1.82) is 0 Å². The molecule has 2 heterocycles. The maximum atomic E-state index is 12.4. The van der Waals surface area contributed by atoms with E-state index in [-0.39, 0.29) is 17.0 Å². The quantitative estimate of drug-likeness (QED) is 0.883. The van der Waals surface area contributed by atoms with Crippen LogP contribution in [0.1, 0.15) is 33.7 Å². The molecule has 6 nitrogen and oxygen atoms in total. The molecule has 1 saturated heterocycles. The molecule has 114 valence electrons. The fourth-order valence-corrected chi connectivity index (χ4v) is 3.76. The molecule has 1 aliphatic heterocycles. The highest BCUT2D eigenvalue weighted by molar-refractivity contribution is 7.89. The van der Waals surface area contributed by atoms with Crippen molar-refractivity contribution >= 4 is 10.0 Å². The van der Waals surface area contributed by atoms with E-state index < -0.39 is 10.0 Å². The summed E-state index contributed by atoms with van der Waals surface area (Å²) in [5, 5.41) is 4.09. The van der Waals surface area contributed by atoms with Gasteiger partial charge in [-0.25, -0.2) is 13.1 Å². The molecule has 0 bridgehead atoms. The second kappa shape index (κ2) is 5.83. The highest BCUT2D eigenvalue weighted by Crippen LogP contribution is 2.19. The van der Waals surface area contributed by atoms with Gasteiger partial charge in [0.15, 0.2) is 0 Å². The van der Waals surface area contributed by atoms with Gasteiger partial charge in [-0.2, -0.15) is 5.10 Å². The Bertz CT molecular complexity index is 552. The summed E-state index contributed by atoms with van der Waals surface area (Å²) in [5.74, 6) is 0.324. The van der Waals surface area contributed by atoms with Crippen LogP contribution in [0.2, 0.25) is 0 Å². The van der Waals surface area contributed by atoms with Crippen molar-refractivity contribution in [3.8, 4) is 0 Å². The molecule has 1 N–H and O–H groups in total. The Morgan fingerprint density at radius 2 is 2.15 bits per heavy atom. The highest BCUT2D eigenvalue weighted by Gasteiger charge is 2.32. The third-order valence-corrected chi connectivity index (χ3v) is 5.30. The molecule has 2 rings (SSSR count). The number of likely N-dealkylation sites (N-methyl/N-ethyl adjacent to an activating group) is 1. The molecule has 0 spiro atoms. The Morgan fingerprint density at radius 3 is 2.65 bits per heavy atom. The largest absolute Gasteiger partial charge is 0.302 e. The summed E-state index contributed by atoms with van der Waals surface area (Å²) in [6, 6.07) is 0.127. The maximum absolute atomic E-state index is 12.4. The van der Waals surface area contributed by atoms with Gasteiger partial charge in [0.05, 0.1) is 6.20 Å². The fourth-order valence-electron chi connectivity index (χ4n) is 2.49. The Hall–Kier alpha value is -0.920. The number of likely N-dealkylation sites (tertiary alicyclic amines) is 1. The van der Waals surface area contributed by atoms with Gasteiger partial charge in [-0.3, -0.25) is 4.68 Å². The van der Waals surface area contributed by atoms with Gasteiger partial charge in [0.25, 0.3) is 0 Å². The van der Waals surface area contributed by atoms with Crippen molar-refractivity contribution in [3.63, 3.8) is 0 Å². The summed E-state index contributed by atoms with van der Waals surface area (Å²) in [6.07, 6.45) is 3.00. The molecule has 0 saturated carbocycles. The standard InChI is InChI=1S/C13H24N4O2S/c1-5-16-7-11(4)13(9-16)15-20(18,19)12-6-14-17(8-12)10(2)3/h6,8,10-11,13,15H,5,7,9H2,1-4H3/t11-,13-/m1/s1. The lowest BCUT2D eigenvalue weighted by atomic mass is 10.1. The van der Waals surface area contributed by atoms with Crippen LogP contribution >= 0.6 is 0 Å². The second-order valence-electron chi connectivity index (χ2n) is 5.81. The molecular formula is C13H24N4O2S. The van der Waals surface area contributed by atoms with Crippen LogP contribution in [-0.4, -0.2) is 48.8 Å². The summed E-state index contributed by atoms with van der Waals surface area (Å²) >= 11 is 0. The van der Waals surface area contributed by atoms with E-state index in [1.54, 1.807) is 10.9 Å². The van der Waals surface area contributed by atoms with E-state index >= 15 is 0 Å². The van der Waals surface area contributed by atoms with Crippen LogP contribution in [0.3, 0.4) is 0 Å². The molecule has 0 radical (unpaired) electrons. The monoisotopic (exact) mass is 300 g/mol. The topological polar surface area (TPSA) is 67.2 Å². The lowest BCUT2D eigenvalue weighted by Gasteiger charge is -2.16. The van der Waals surface area contributed by atoms with E-state index in [2.05, 4.69) is 28.6 Å². The third-order valence-electron chi connectivity index (χ3n) is 3.86. The Balaban J connectivity index is 2.11. The van der Waals surface area contributed by atoms with Crippen LogP contribution in [-0.2, 0) is 10.0 Å². The predicted molar refractivity (Wildman–Crippen MR) is 78.0 cm³/mol. The number of hydrogen-bond donors (Lipinski definition) is 1. The average molecular weight is 300 g/mol. The zero-order chi connectivity index (χ0) is 14.9. The maximum Gasteiger partial charge on any atom is 0.243 e. The van der Waals surface area contributed by atoms with Gasteiger partial charge in [0, 0.05) is 31.4 Å². The van der Waals surface area contributed by atoms with E-state index in [1.807, 2.05) is 13.8 Å². The van der Waals surface area contributed by atoms with Gasteiger partial charge in [-0.1, -0.05) is 13.8 Å². The second-order valence-corrected chi connectivity index (χ2v) is 7.52. The van der Waals surface area contributed by atoms with Gasteiger partial charge in [0.1, 0.15) is 4.90 Å². The lowest BCUT2D eigenvalue weighted by molar-refractivity contribution is 0.344. The van der Waals surface area contributed by atoms with Crippen molar-refractivity contribution in [1.82, 2.24) is 19.4 Å². The number of sulfonamides is 1. The summed E-state index contributed by atoms with van der Waals surface area (Å²) in [5.41, 5.74) is 0. The lowest BCUT2D eigenvalue weighted by Crippen LogP contribution is -2.39. The average Bonchev–Trinajstić information content (AvgIpc) is 2.97. The van der Waals surface area contributed by atoms with Crippen molar-refractivity contribution in [2.45, 2.75) is 44.7 Å². The summed E-state index contributed by atoms with van der Waals surface area (Å²) in [7, 11) is -3.48. The normalized spacial score (nSPS) is 24.6. The molecule has 1 aromatic rings. The van der Waals surface area contributed by atoms with Crippen molar-refractivity contribution < 1.29 is 8.42 Å². The van der Waals surface area contributed by atoms with Gasteiger partial charge in [-0.15, -0.1) is 0 Å². The molecule has 1 aliphatic rings. The van der Waals surface area contributed by atoms with Crippen LogP contribution in [0.25, 0.3) is 0 Å². The first-order valence-corrected chi connectivity index (χ1v) is 8.60. The first-order valence-electron chi connectivity index (χ1n) is 7.12. The number of nitrogens with zero attached hydrogens (tertiary/aromatic N) is 3. The van der Waals surface area contributed by atoms with Gasteiger partial charge in [-0.05, 0) is 26.3 Å². The van der Waals surface area contributed by atoms with Crippen molar-refractivity contribution in [3.05, 3.63) is 12.4 Å². The molecule has 0 unspecified atom stereocenters. The Morgan fingerprint density at radius 1 is 1.45 bits per heavy atom. The summed E-state index contributed by atoms with van der Waals surface area (Å²) in [6.45, 7) is 10.8. The minimum absolute atomic E-state index is 0.0256. The molecule has 0 aliphatic carbocycles. The van der Waals surface area contributed by atoms with Crippen LogP contribution < -0.4 is 4.72 Å². The van der Waals surface area contributed by atoms with E-state index in [0.717, 1.165) is 19.6 Å². The molecule has 0 amide bonds. The minimum Gasteiger partial charge on any atom is -0.302 e. The summed E-state index contributed by atoms with van der Waals surface area (Å²) < 4.78 is 29.2. The zero-order valence-corrected chi connectivity index (χ0v) is 13.4. The zero-order valence-electron chi connectivity index (χ0n) is 12.6. The third kappa shape index (κ3) is 3.21. The van der Waals surface area contributed by atoms with E-state index in [0.29, 0.717) is 5.92 Å². The van der Waals surface area contributed by atoms with Crippen LogP contribution in [0, 0.1) is 5.92 Å². The van der Waals surface area contributed by atoms with E-state index in [4.69, 9.17) is 0 Å². The summed E-state index contributed by atoms with van der Waals surface area (Å²) in [4.78, 5) is 2.50. The minimum atomic E-state index is -3.48. The number of hydrogen-bond acceptors (Lipinski definition) is 4.